The van der Waals surface area contributed by atoms with Crippen molar-refractivity contribution in [2.75, 3.05) is 26.2 Å². The van der Waals surface area contributed by atoms with Gasteiger partial charge in [-0.05, 0) is 37.6 Å². The number of amides is 1. The van der Waals surface area contributed by atoms with E-state index in [0.29, 0.717) is 11.3 Å². The molecule has 1 aromatic heterocycles. The molecule has 0 bridgehead atoms. The van der Waals surface area contributed by atoms with E-state index in [-0.39, 0.29) is 18.6 Å². The topological polar surface area (TPSA) is 71.8 Å². The Labute approximate surface area is 140 Å². The molecule has 1 atom stereocenters. The Morgan fingerprint density at radius 2 is 2.21 bits per heavy atom. The highest BCUT2D eigenvalue weighted by Gasteiger charge is 2.25. The number of hydrogen-bond donors (Lipinski definition) is 1. The number of hydrogen-bond acceptors (Lipinski definition) is 5. The van der Waals surface area contributed by atoms with Gasteiger partial charge < -0.3 is 19.4 Å². The van der Waals surface area contributed by atoms with Crippen molar-refractivity contribution in [3.05, 3.63) is 40.8 Å². The average Bonchev–Trinajstić information content (AvgIpc) is 3.11. The molecular weight excluding hydrogens is 308 g/mol. The Bertz CT molecular complexity index is 765. The molecule has 0 radical (unpaired) electrons. The number of fused-ring (bicyclic) bond motifs is 1. The zero-order valence-corrected chi connectivity index (χ0v) is 13.8. The lowest BCUT2D eigenvalue weighted by atomic mass is 10.2. The summed E-state index contributed by atoms with van der Waals surface area (Å²) >= 11 is 0. The summed E-state index contributed by atoms with van der Waals surface area (Å²) in [5, 5.41) is 4.11. The molecule has 1 saturated heterocycles. The van der Waals surface area contributed by atoms with Gasteiger partial charge in [0.2, 0.25) is 0 Å². The lowest BCUT2D eigenvalue weighted by Crippen LogP contribution is -2.44. The quantitative estimate of drug-likeness (QED) is 0.817. The predicted molar refractivity (Wildman–Crippen MR) is 91.3 cm³/mol. The van der Waals surface area contributed by atoms with Gasteiger partial charge in [-0.2, -0.15) is 0 Å². The van der Waals surface area contributed by atoms with Crippen LogP contribution in [0.15, 0.2) is 39.5 Å². The second kappa shape index (κ2) is 7.49. The van der Waals surface area contributed by atoms with E-state index in [2.05, 4.69) is 12.2 Å². The van der Waals surface area contributed by atoms with E-state index in [1.807, 2.05) is 11.0 Å². The fraction of sp³-hybridized carbons (Fsp3) is 0.444. The Balaban J connectivity index is 1.67. The molecule has 24 heavy (non-hydrogen) atoms. The predicted octanol–water partition coefficient (Wildman–Crippen LogP) is 1.77. The fourth-order valence-electron chi connectivity index (χ4n) is 3.02. The number of ether oxygens (including phenoxy) is 1. The molecule has 1 aromatic carbocycles. The highest BCUT2D eigenvalue weighted by Crippen LogP contribution is 2.19. The first-order valence-corrected chi connectivity index (χ1v) is 8.34. The summed E-state index contributed by atoms with van der Waals surface area (Å²) in [7, 11) is 0. The highest BCUT2D eigenvalue weighted by atomic mass is 16.5. The van der Waals surface area contributed by atoms with E-state index < -0.39 is 5.63 Å². The third kappa shape index (κ3) is 3.76. The van der Waals surface area contributed by atoms with Crippen LogP contribution in [0.1, 0.15) is 19.8 Å². The smallest absolute Gasteiger partial charge is 0.336 e. The van der Waals surface area contributed by atoms with Gasteiger partial charge in [-0.1, -0.05) is 6.92 Å². The lowest BCUT2D eigenvalue weighted by Gasteiger charge is -2.28. The number of rotatable bonds is 6. The summed E-state index contributed by atoms with van der Waals surface area (Å²) in [5.41, 5.74) is 0.0523. The van der Waals surface area contributed by atoms with Gasteiger partial charge in [-0.25, -0.2) is 4.79 Å². The first kappa shape index (κ1) is 16.5. The van der Waals surface area contributed by atoms with Crippen LogP contribution in [0.2, 0.25) is 0 Å². The average molecular weight is 330 g/mol. The van der Waals surface area contributed by atoms with Crippen LogP contribution in [0.25, 0.3) is 11.0 Å². The van der Waals surface area contributed by atoms with Gasteiger partial charge in [-0.3, -0.25) is 4.79 Å². The Kier molecular flexibility index (Phi) is 5.15. The standard InChI is InChI=1S/C18H22N2O4/c1-2-9-20(14-7-8-19-11-14)17(21)12-23-15-5-3-13-4-6-18(22)24-16(13)10-15/h3-6,10,14,19H,2,7-9,11-12H2,1H3. The molecule has 0 spiro atoms. The van der Waals surface area contributed by atoms with Crippen molar-refractivity contribution in [1.82, 2.24) is 10.2 Å². The van der Waals surface area contributed by atoms with Crippen molar-refractivity contribution >= 4 is 16.9 Å². The van der Waals surface area contributed by atoms with Crippen molar-refractivity contribution in [2.24, 2.45) is 0 Å². The molecule has 1 aliphatic heterocycles. The van der Waals surface area contributed by atoms with Crippen LogP contribution < -0.4 is 15.7 Å². The van der Waals surface area contributed by atoms with E-state index in [4.69, 9.17) is 9.15 Å². The molecule has 0 aliphatic carbocycles. The SMILES string of the molecule is CCCN(C(=O)COc1ccc2ccc(=O)oc2c1)C1CCNC1. The Morgan fingerprint density at radius 3 is 2.96 bits per heavy atom. The van der Waals surface area contributed by atoms with E-state index in [1.54, 1.807) is 18.2 Å². The minimum absolute atomic E-state index is 0.0137. The first-order valence-electron chi connectivity index (χ1n) is 8.34. The summed E-state index contributed by atoms with van der Waals surface area (Å²) < 4.78 is 10.8. The van der Waals surface area contributed by atoms with Gasteiger partial charge in [0, 0.05) is 36.7 Å². The van der Waals surface area contributed by atoms with Crippen molar-refractivity contribution in [2.45, 2.75) is 25.8 Å². The largest absolute Gasteiger partial charge is 0.484 e. The summed E-state index contributed by atoms with van der Waals surface area (Å²) in [6.45, 7) is 4.57. The Hall–Kier alpha value is -2.34. The van der Waals surface area contributed by atoms with Gasteiger partial charge in [0.15, 0.2) is 6.61 Å². The summed E-state index contributed by atoms with van der Waals surface area (Å²) in [5.74, 6) is 0.506. The monoisotopic (exact) mass is 330 g/mol. The second-order valence-corrected chi connectivity index (χ2v) is 5.98. The van der Waals surface area contributed by atoms with Gasteiger partial charge in [-0.15, -0.1) is 0 Å². The number of nitrogens with one attached hydrogen (secondary N) is 1. The van der Waals surface area contributed by atoms with Crippen molar-refractivity contribution < 1.29 is 13.9 Å². The van der Waals surface area contributed by atoms with E-state index >= 15 is 0 Å². The number of nitrogens with zero attached hydrogens (tertiary/aromatic N) is 1. The second-order valence-electron chi connectivity index (χ2n) is 5.98. The van der Waals surface area contributed by atoms with Crippen molar-refractivity contribution in [3.8, 4) is 5.75 Å². The minimum Gasteiger partial charge on any atom is -0.484 e. The molecule has 1 fully saturated rings. The van der Waals surface area contributed by atoms with Gasteiger partial charge in [0.1, 0.15) is 11.3 Å². The number of carbonyl (C=O) groups excluding carboxylic acids is 1. The lowest BCUT2D eigenvalue weighted by molar-refractivity contribution is -0.135. The normalized spacial score (nSPS) is 17.1. The molecule has 1 unspecified atom stereocenters. The highest BCUT2D eigenvalue weighted by molar-refractivity contribution is 5.79. The van der Waals surface area contributed by atoms with Crippen LogP contribution >= 0.6 is 0 Å². The van der Waals surface area contributed by atoms with E-state index in [0.717, 1.165) is 37.9 Å². The molecule has 2 aromatic rings. The zero-order valence-electron chi connectivity index (χ0n) is 13.8. The van der Waals surface area contributed by atoms with E-state index in [9.17, 15) is 9.59 Å². The van der Waals surface area contributed by atoms with Crippen LogP contribution in [0.5, 0.6) is 5.75 Å². The molecule has 2 heterocycles. The van der Waals surface area contributed by atoms with Gasteiger partial charge in [0.05, 0.1) is 0 Å². The van der Waals surface area contributed by atoms with Gasteiger partial charge in [0.25, 0.3) is 5.91 Å². The molecular formula is C18H22N2O4. The van der Waals surface area contributed by atoms with Gasteiger partial charge >= 0.3 is 5.63 Å². The molecule has 3 rings (SSSR count). The molecule has 1 N–H and O–H groups in total. The summed E-state index contributed by atoms with van der Waals surface area (Å²) in [4.78, 5) is 25.7. The van der Waals surface area contributed by atoms with Crippen molar-refractivity contribution in [3.63, 3.8) is 0 Å². The van der Waals surface area contributed by atoms with E-state index in [1.165, 1.54) is 6.07 Å². The molecule has 1 aliphatic rings. The van der Waals surface area contributed by atoms with Crippen LogP contribution in [-0.4, -0.2) is 43.1 Å². The van der Waals surface area contributed by atoms with Crippen LogP contribution in [-0.2, 0) is 4.79 Å². The van der Waals surface area contributed by atoms with Crippen LogP contribution in [0.3, 0.4) is 0 Å². The Morgan fingerprint density at radius 1 is 1.38 bits per heavy atom. The number of carbonyl (C=O) groups is 1. The minimum atomic E-state index is -0.404. The molecule has 6 nitrogen and oxygen atoms in total. The third-order valence-electron chi connectivity index (χ3n) is 4.22. The van der Waals surface area contributed by atoms with Crippen LogP contribution in [0, 0.1) is 0 Å². The van der Waals surface area contributed by atoms with Crippen LogP contribution in [0.4, 0.5) is 0 Å². The van der Waals surface area contributed by atoms with Crippen molar-refractivity contribution in [1.29, 1.82) is 0 Å². The fourth-order valence-corrected chi connectivity index (χ4v) is 3.02. The number of benzene rings is 1. The molecule has 1 amide bonds. The molecule has 6 heteroatoms. The maximum Gasteiger partial charge on any atom is 0.336 e. The maximum absolute atomic E-state index is 12.5. The summed E-state index contributed by atoms with van der Waals surface area (Å²) in [6, 6.07) is 8.55. The molecule has 128 valence electrons. The summed E-state index contributed by atoms with van der Waals surface area (Å²) in [6.07, 6.45) is 1.90. The maximum atomic E-state index is 12.5. The first-order chi connectivity index (χ1) is 11.7. The zero-order chi connectivity index (χ0) is 16.9. The third-order valence-corrected chi connectivity index (χ3v) is 4.22. The molecule has 0 saturated carbocycles.